The number of thioether (sulfide) groups is 1. The molecule has 1 fully saturated rings. The smallest absolute Gasteiger partial charge is 0.233 e. The lowest BCUT2D eigenvalue weighted by Gasteiger charge is -2.18. The molecule has 1 aliphatic carbocycles. The van der Waals surface area contributed by atoms with Crippen molar-refractivity contribution in [3.63, 3.8) is 0 Å². The Bertz CT molecular complexity index is 728. The summed E-state index contributed by atoms with van der Waals surface area (Å²) >= 11 is 13.5. The van der Waals surface area contributed by atoms with Crippen LogP contribution < -0.4 is 5.32 Å². The van der Waals surface area contributed by atoms with E-state index in [0.717, 1.165) is 12.8 Å². The molecule has 0 aromatic carbocycles. The average Bonchev–Trinajstić information content (AvgIpc) is 2.77. The zero-order valence-electron chi connectivity index (χ0n) is 13.5. The second kappa shape index (κ2) is 7.93. The number of rotatable bonds is 4. The quantitative estimate of drug-likeness (QED) is 0.626. The van der Waals surface area contributed by atoms with Crippen LogP contribution in [0.15, 0.2) is 17.4 Å². The molecule has 24 heavy (non-hydrogen) atoms. The van der Waals surface area contributed by atoms with Gasteiger partial charge in [0.15, 0.2) is 10.8 Å². The van der Waals surface area contributed by atoms with E-state index in [0.29, 0.717) is 26.9 Å². The number of amides is 1. The predicted octanol–water partition coefficient (Wildman–Crippen LogP) is 4.36. The van der Waals surface area contributed by atoms with Crippen LogP contribution in [0.2, 0.25) is 10.0 Å². The maximum Gasteiger partial charge on any atom is 0.233 e. The van der Waals surface area contributed by atoms with Crippen LogP contribution in [0.4, 0.5) is 0 Å². The van der Waals surface area contributed by atoms with Gasteiger partial charge in [0.25, 0.3) is 0 Å². The summed E-state index contributed by atoms with van der Waals surface area (Å²) < 4.78 is 1.73. The molecule has 3 rings (SSSR count). The molecule has 0 bridgehead atoms. The molecule has 0 spiro atoms. The fraction of sp³-hybridized carbons (Fsp3) is 0.562. The summed E-state index contributed by atoms with van der Waals surface area (Å²) in [5.74, 6) is 0.0387. The lowest BCUT2D eigenvalue weighted by Crippen LogP contribution is -2.39. The van der Waals surface area contributed by atoms with E-state index in [1.165, 1.54) is 37.4 Å². The summed E-state index contributed by atoms with van der Waals surface area (Å²) in [6.45, 7) is 1.88. The first kappa shape index (κ1) is 17.8. The summed E-state index contributed by atoms with van der Waals surface area (Å²) in [6, 6.07) is 1.92. The van der Waals surface area contributed by atoms with E-state index in [4.69, 9.17) is 23.2 Å². The molecule has 8 heteroatoms. The molecule has 2 heterocycles. The second-order valence-corrected chi connectivity index (χ2v) is 8.29. The highest BCUT2D eigenvalue weighted by atomic mass is 35.5. The Kier molecular flexibility index (Phi) is 5.89. The molecule has 130 valence electrons. The van der Waals surface area contributed by atoms with E-state index in [1.807, 2.05) is 6.92 Å². The number of fused-ring (bicyclic) bond motifs is 1. The van der Waals surface area contributed by atoms with Crippen molar-refractivity contribution in [3.8, 4) is 0 Å². The first-order valence-electron chi connectivity index (χ1n) is 8.21. The Balaban J connectivity index is 1.67. The molecular weight excluding hydrogens is 367 g/mol. The van der Waals surface area contributed by atoms with Gasteiger partial charge in [-0.25, -0.2) is 0 Å². The van der Waals surface area contributed by atoms with Gasteiger partial charge in [0.1, 0.15) is 0 Å². The van der Waals surface area contributed by atoms with Gasteiger partial charge in [0.2, 0.25) is 5.91 Å². The monoisotopic (exact) mass is 386 g/mol. The number of pyridine rings is 1. The van der Waals surface area contributed by atoms with E-state index >= 15 is 0 Å². The predicted molar refractivity (Wildman–Crippen MR) is 98.0 cm³/mol. The van der Waals surface area contributed by atoms with Crippen molar-refractivity contribution < 1.29 is 4.79 Å². The minimum atomic E-state index is -0.265. The van der Waals surface area contributed by atoms with Gasteiger partial charge in [0, 0.05) is 12.2 Å². The van der Waals surface area contributed by atoms with E-state index in [-0.39, 0.29) is 11.2 Å². The number of hydrogen-bond acceptors (Lipinski definition) is 4. The van der Waals surface area contributed by atoms with Gasteiger partial charge in [-0.05, 0) is 25.8 Å². The number of aromatic nitrogens is 3. The number of carbonyl (C=O) groups is 1. The van der Waals surface area contributed by atoms with Crippen molar-refractivity contribution in [2.75, 3.05) is 0 Å². The Hall–Kier alpha value is -0.980. The molecule has 5 nitrogen and oxygen atoms in total. The van der Waals surface area contributed by atoms with Gasteiger partial charge in [-0.3, -0.25) is 9.20 Å². The van der Waals surface area contributed by atoms with Gasteiger partial charge >= 0.3 is 0 Å². The fourth-order valence-corrected chi connectivity index (χ4v) is 4.28. The van der Waals surface area contributed by atoms with Crippen molar-refractivity contribution in [1.29, 1.82) is 0 Å². The zero-order chi connectivity index (χ0) is 17.1. The molecule has 2 aromatic rings. The average molecular weight is 387 g/mol. The molecule has 0 saturated heterocycles. The minimum Gasteiger partial charge on any atom is -0.352 e. The first-order chi connectivity index (χ1) is 11.5. The van der Waals surface area contributed by atoms with Crippen molar-refractivity contribution in [1.82, 2.24) is 19.9 Å². The van der Waals surface area contributed by atoms with Crippen LogP contribution in [0, 0.1) is 0 Å². The zero-order valence-corrected chi connectivity index (χ0v) is 15.8. The number of halogens is 2. The van der Waals surface area contributed by atoms with Gasteiger partial charge < -0.3 is 5.32 Å². The number of carbonyl (C=O) groups excluding carboxylic acids is 1. The van der Waals surface area contributed by atoms with E-state index in [9.17, 15) is 4.79 Å². The summed E-state index contributed by atoms with van der Waals surface area (Å²) in [7, 11) is 0. The van der Waals surface area contributed by atoms with Crippen LogP contribution in [-0.4, -0.2) is 31.8 Å². The largest absolute Gasteiger partial charge is 0.352 e. The molecule has 1 saturated carbocycles. The van der Waals surface area contributed by atoms with Crippen LogP contribution in [-0.2, 0) is 4.79 Å². The Morgan fingerprint density at radius 3 is 2.71 bits per heavy atom. The summed E-state index contributed by atoms with van der Waals surface area (Å²) in [5.41, 5.74) is 0.542. The number of hydrogen-bond donors (Lipinski definition) is 1. The normalized spacial score (nSPS) is 17.6. The maximum absolute atomic E-state index is 12.5. The lowest BCUT2D eigenvalue weighted by molar-refractivity contribution is -0.121. The third kappa shape index (κ3) is 4.16. The molecule has 1 aliphatic rings. The summed E-state index contributed by atoms with van der Waals surface area (Å²) in [4.78, 5) is 12.5. The van der Waals surface area contributed by atoms with Crippen molar-refractivity contribution in [2.45, 2.75) is 61.9 Å². The van der Waals surface area contributed by atoms with E-state index in [1.54, 1.807) is 16.7 Å². The number of nitrogens with one attached hydrogen (secondary N) is 1. The van der Waals surface area contributed by atoms with Gasteiger partial charge in [-0.2, -0.15) is 0 Å². The fourth-order valence-electron chi connectivity index (χ4n) is 2.94. The summed E-state index contributed by atoms with van der Waals surface area (Å²) in [5, 5.41) is 12.7. The Morgan fingerprint density at radius 1 is 1.29 bits per heavy atom. The van der Waals surface area contributed by atoms with Crippen molar-refractivity contribution in [2.24, 2.45) is 0 Å². The Labute approximate surface area is 155 Å². The van der Waals surface area contributed by atoms with Crippen LogP contribution in [0.3, 0.4) is 0 Å². The van der Waals surface area contributed by atoms with E-state index < -0.39 is 0 Å². The standard InChI is InChI=1S/C16H20Cl2N4OS/c1-10(15(23)19-12-6-4-2-3-5-7-12)24-16-21-20-14-13(18)8-11(17)9-22(14)16/h8-10,12H,2-7H2,1H3,(H,19,23)/t10-/m0/s1. The molecule has 1 atom stereocenters. The SMILES string of the molecule is C[C@H](Sc1nnc2c(Cl)cc(Cl)cn12)C(=O)NC1CCCCCC1. The molecular formula is C16H20Cl2N4OS. The highest BCUT2D eigenvalue weighted by Gasteiger charge is 2.22. The first-order valence-corrected chi connectivity index (χ1v) is 9.85. The highest BCUT2D eigenvalue weighted by molar-refractivity contribution is 8.00. The third-order valence-corrected chi connectivity index (χ3v) is 5.79. The Morgan fingerprint density at radius 2 is 2.00 bits per heavy atom. The molecule has 0 unspecified atom stereocenters. The van der Waals surface area contributed by atoms with Crippen molar-refractivity contribution in [3.05, 3.63) is 22.3 Å². The summed E-state index contributed by atoms with van der Waals surface area (Å²) in [6.07, 6.45) is 8.77. The molecule has 1 N–H and O–H groups in total. The molecule has 0 aliphatic heterocycles. The van der Waals surface area contributed by atoms with Gasteiger partial charge in [-0.1, -0.05) is 60.6 Å². The lowest BCUT2D eigenvalue weighted by atomic mass is 10.1. The van der Waals surface area contributed by atoms with Crippen LogP contribution in [0.25, 0.3) is 5.65 Å². The minimum absolute atomic E-state index is 0.0387. The van der Waals surface area contributed by atoms with Crippen LogP contribution >= 0.6 is 35.0 Å². The number of nitrogens with zero attached hydrogens (tertiary/aromatic N) is 3. The molecule has 1 amide bonds. The molecule has 2 aromatic heterocycles. The van der Waals surface area contributed by atoms with Gasteiger partial charge in [0.05, 0.1) is 15.3 Å². The highest BCUT2D eigenvalue weighted by Crippen LogP contribution is 2.27. The van der Waals surface area contributed by atoms with E-state index in [2.05, 4.69) is 15.5 Å². The maximum atomic E-state index is 12.5. The topological polar surface area (TPSA) is 59.3 Å². The van der Waals surface area contributed by atoms with Crippen LogP contribution in [0.1, 0.15) is 45.4 Å². The van der Waals surface area contributed by atoms with Crippen molar-refractivity contribution >= 4 is 46.5 Å². The molecule has 0 radical (unpaired) electrons. The van der Waals surface area contributed by atoms with Gasteiger partial charge in [-0.15, -0.1) is 10.2 Å². The third-order valence-electron chi connectivity index (χ3n) is 4.25. The second-order valence-electron chi connectivity index (χ2n) is 6.14. The van der Waals surface area contributed by atoms with Crippen LogP contribution in [0.5, 0.6) is 0 Å².